The van der Waals surface area contributed by atoms with Gasteiger partial charge in [-0.05, 0) is 6.07 Å². The summed E-state index contributed by atoms with van der Waals surface area (Å²) in [5.74, 6) is 0.683. The molecule has 0 aliphatic rings. The van der Waals surface area contributed by atoms with Gasteiger partial charge in [-0.2, -0.15) is 4.98 Å². The highest BCUT2D eigenvalue weighted by molar-refractivity contribution is 6.30. The molecule has 0 atom stereocenters. The highest BCUT2D eigenvalue weighted by Gasteiger charge is 2.04. The maximum atomic E-state index is 5.81. The van der Waals surface area contributed by atoms with E-state index in [-0.39, 0.29) is 0 Å². The van der Waals surface area contributed by atoms with Crippen LogP contribution < -0.4 is 4.90 Å². The normalized spacial score (nSPS) is 10.7. The maximum absolute atomic E-state index is 5.81. The van der Waals surface area contributed by atoms with Crippen LogP contribution in [-0.2, 0) is 0 Å². The van der Waals surface area contributed by atoms with Crippen molar-refractivity contribution in [3.8, 4) is 0 Å². The number of fused-ring (bicyclic) bond motifs is 1. The summed E-state index contributed by atoms with van der Waals surface area (Å²) >= 11 is 5.81. The summed E-state index contributed by atoms with van der Waals surface area (Å²) in [5, 5.41) is 4.90. The Morgan fingerprint density at radius 1 is 1.46 bits per heavy atom. The van der Waals surface area contributed by atoms with Crippen LogP contribution in [0.3, 0.4) is 0 Å². The molecule has 0 N–H and O–H groups in total. The number of pyridine rings is 1. The number of aromatic nitrogens is 3. The van der Waals surface area contributed by atoms with Crippen LogP contribution in [0.5, 0.6) is 0 Å². The predicted molar refractivity (Wildman–Crippen MR) is 52.3 cm³/mol. The van der Waals surface area contributed by atoms with Gasteiger partial charge in [-0.25, -0.2) is 4.52 Å². The first-order valence-electron chi connectivity index (χ1n) is 3.86. The minimum Gasteiger partial charge on any atom is -0.346 e. The Morgan fingerprint density at radius 3 is 2.92 bits per heavy atom. The van der Waals surface area contributed by atoms with Gasteiger partial charge in [-0.3, -0.25) is 0 Å². The molecular weight excluding hydrogens is 188 g/mol. The van der Waals surface area contributed by atoms with Gasteiger partial charge in [0.05, 0.1) is 0 Å². The fourth-order valence-corrected chi connectivity index (χ4v) is 1.19. The van der Waals surface area contributed by atoms with Crippen molar-refractivity contribution in [2.45, 2.75) is 0 Å². The van der Waals surface area contributed by atoms with Gasteiger partial charge in [0.25, 0.3) is 0 Å². The molecule has 0 spiro atoms. The molecule has 0 aromatic carbocycles. The van der Waals surface area contributed by atoms with Crippen LogP contribution in [-0.4, -0.2) is 28.7 Å². The molecule has 0 fully saturated rings. The van der Waals surface area contributed by atoms with Crippen molar-refractivity contribution >= 4 is 23.2 Å². The second-order valence-electron chi connectivity index (χ2n) is 2.95. The standard InChI is InChI=1S/C8H9ClN4/c1-12(2)8-10-7-5-6(9)3-4-13(7)11-8/h3-5H,1-2H3. The molecule has 13 heavy (non-hydrogen) atoms. The van der Waals surface area contributed by atoms with Crippen LogP contribution in [0.15, 0.2) is 18.3 Å². The van der Waals surface area contributed by atoms with Crippen molar-refractivity contribution in [2.75, 3.05) is 19.0 Å². The van der Waals surface area contributed by atoms with Gasteiger partial charge in [-0.15, -0.1) is 5.10 Å². The number of nitrogens with zero attached hydrogens (tertiary/aromatic N) is 4. The predicted octanol–water partition coefficient (Wildman–Crippen LogP) is 1.45. The van der Waals surface area contributed by atoms with E-state index < -0.39 is 0 Å². The molecule has 0 aliphatic carbocycles. The lowest BCUT2D eigenvalue weighted by Gasteiger charge is -2.03. The summed E-state index contributed by atoms with van der Waals surface area (Å²) in [6, 6.07) is 3.56. The first-order valence-corrected chi connectivity index (χ1v) is 4.24. The van der Waals surface area contributed by atoms with Crippen LogP contribution >= 0.6 is 11.6 Å². The van der Waals surface area contributed by atoms with Crippen LogP contribution in [0.1, 0.15) is 0 Å². The zero-order valence-corrected chi connectivity index (χ0v) is 8.15. The first-order chi connectivity index (χ1) is 6.16. The van der Waals surface area contributed by atoms with Crippen molar-refractivity contribution < 1.29 is 0 Å². The van der Waals surface area contributed by atoms with Crippen molar-refractivity contribution in [1.82, 2.24) is 14.6 Å². The molecule has 0 radical (unpaired) electrons. The van der Waals surface area contributed by atoms with Crippen molar-refractivity contribution in [2.24, 2.45) is 0 Å². The summed E-state index contributed by atoms with van der Waals surface area (Å²) in [6.07, 6.45) is 1.79. The smallest absolute Gasteiger partial charge is 0.245 e. The molecule has 0 aliphatic heterocycles. The molecule has 2 aromatic rings. The first kappa shape index (κ1) is 8.31. The topological polar surface area (TPSA) is 33.4 Å². The Hall–Kier alpha value is -1.29. The van der Waals surface area contributed by atoms with E-state index in [9.17, 15) is 0 Å². The largest absolute Gasteiger partial charge is 0.346 e. The Balaban J connectivity index is 2.62. The molecule has 2 aromatic heterocycles. The van der Waals surface area contributed by atoms with Crippen LogP contribution in [0.25, 0.3) is 5.65 Å². The lowest BCUT2D eigenvalue weighted by molar-refractivity contribution is 0.927. The zero-order chi connectivity index (χ0) is 9.42. The van der Waals surface area contributed by atoms with Gasteiger partial charge in [0.15, 0.2) is 5.65 Å². The van der Waals surface area contributed by atoms with E-state index in [1.165, 1.54) is 0 Å². The molecule has 2 heterocycles. The van der Waals surface area contributed by atoms with Crippen LogP contribution in [0.2, 0.25) is 5.02 Å². The quantitative estimate of drug-likeness (QED) is 0.692. The van der Waals surface area contributed by atoms with E-state index in [4.69, 9.17) is 11.6 Å². The zero-order valence-electron chi connectivity index (χ0n) is 7.40. The van der Waals surface area contributed by atoms with Crippen LogP contribution in [0.4, 0.5) is 5.95 Å². The summed E-state index contributed by atoms with van der Waals surface area (Å²) in [4.78, 5) is 6.11. The minimum atomic E-state index is 0.671. The highest BCUT2D eigenvalue weighted by atomic mass is 35.5. The van der Waals surface area contributed by atoms with E-state index in [0.717, 1.165) is 5.65 Å². The lowest BCUT2D eigenvalue weighted by atomic mass is 10.5. The number of rotatable bonds is 1. The third-order valence-corrected chi connectivity index (χ3v) is 1.92. The lowest BCUT2D eigenvalue weighted by Crippen LogP contribution is -2.10. The van der Waals surface area contributed by atoms with E-state index in [0.29, 0.717) is 11.0 Å². The van der Waals surface area contributed by atoms with Gasteiger partial charge >= 0.3 is 0 Å². The molecule has 0 amide bonds. The Labute approximate surface area is 80.8 Å². The third-order valence-electron chi connectivity index (χ3n) is 1.69. The second kappa shape index (κ2) is 2.88. The molecule has 2 rings (SSSR count). The fraction of sp³-hybridized carbons (Fsp3) is 0.250. The maximum Gasteiger partial charge on any atom is 0.245 e. The van der Waals surface area contributed by atoms with Crippen molar-refractivity contribution in [1.29, 1.82) is 0 Å². The van der Waals surface area contributed by atoms with E-state index in [2.05, 4.69) is 10.1 Å². The third kappa shape index (κ3) is 1.45. The van der Waals surface area contributed by atoms with Crippen LogP contribution in [0, 0.1) is 0 Å². The molecule has 0 bridgehead atoms. The number of halogens is 1. The minimum absolute atomic E-state index is 0.671. The fourth-order valence-electron chi connectivity index (χ4n) is 1.03. The summed E-state index contributed by atoms with van der Waals surface area (Å²) < 4.78 is 1.70. The molecule has 0 saturated carbocycles. The monoisotopic (exact) mass is 196 g/mol. The summed E-state index contributed by atoms with van der Waals surface area (Å²) in [7, 11) is 3.80. The van der Waals surface area contributed by atoms with Gasteiger partial charge in [0.1, 0.15) is 0 Å². The van der Waals surface area contributed by atoms with E-state index >= 15 is 0 Å². The second-order valence-corrected chi connectivity index (χ2v) is 3.39. The Bertz CT molecular complexity index is 435. The van der Waals surface area contributed by atoms with Gasteiger partial charge in [0.2, 0.25) is 5.95 Å². The van der Waals surface area contributed by atoms with Crippen molar-refractivity contribution in [3.05, 3.63) is 23.4 Å². The van der Waals surface area contributed by atoms with Gasteiger partial charge in [0, 0.05) is 31.4 Å². The van der Waals surface area contributed by atoms with Crippen molar-refractivity contribution in [3.63, 3.8) is 0 Å². The average molecular weight is 197 g/mol. The summed E-state index contributed by atoms with van der Waals surface area (Å²) in [5.41, 5.74) is 0.760. The van der Waals surface area contributed by atoms with Gasteiger partial charge in [-0.1, -0.05) is 11.6 Å². The number of hydrogen-bond acceptors (Lipinski definition) is 3. The molecule has 0 unspecified atom stereocenters. The summed E-state index contributed by atoms with van der Waals surface area (Å²) in [6.45, 7) is 0. The highest BCUT2D eigenvalue weighted by Crippen LogP contribution is 2.12. The molecular formula is C8H9ClN4. The molecule has 68 valence electrons. The average Bonchev–Trinajstić information content (AvgIpc) is 2.46. The van der Waals surface area contributed by atoms with E-state index in [1.807, 2.05) is 19.0 Å². The molecule has 5 heteroatoms. The molecule has 4 nitrogen and oxygen atoms in total. The van der Waals surface area contributed by atoms with E-state index in [1.54, 1.807) is 22.8 Å². The van der Waals surface area contributed by atoms with Gasteiger partial charge < -0.3 is 4.90 Å². The number of hydrogen-bond donors (Lipinski definition) is 0. The SMILES string of the molecule is CN(C)c1nc2cc(Cl)ccn2n1. The number of anilines is 1. The molecule has 0 saturated heterocycles. The Morgan fingerprint density at radius 2 is 2.23 bits per heavy atom. The Kier molecular flexibility index (Phi) is 1.84.